The van der Waals surface area contributed by atoms with Gasteiger partial charge < -0.3 is 16.4 Å². The third-order valence-electron chi connectivity index (χ3n) is 3.25. The molecule has 3 heteroatoms. The van der Waals surface area contributed by atoms with E-state index in [0.717, 1.165) is 12.2 Å². The molecule has 2 nitrogen and oxygen atoms in total. The van der Waals surface area contributed by atoms with Gasteiger partial charge in [0, 0.05) is 0 Å². The van der Waals surface area contributed by atoms with E-state index < -0.39 is 0 Å². The van der Waals surface area contributed by atoms with Gasteiger partial charge in [0.2, 0.25) is 0 Å². The molecule has 0 radical (unpaired) electrons. The Kier molecular flexibility index (Phi) is 9.18. The number of hydrogen-bond donors (Lipinski definition) is 0. The molecule has 0 aliphatic heterocycles. The van der Waals surface area contributed by atoms with Crippen molar-refractivity contribution in [2.24, 2.45) is 5.41 Å². The zero-order valence-corrected chi connectivity index (χ0v) is 16.7. The van der Waals surface area contributed by atoms with Crippen molar-refractivity contribution in [3.8, 4) is 5.75 Å². The first-order valence-corrected chi connectivity index (χ1v) is 7.35. The molecule has 1 rings (SSSR count). The number of rotatable bonds is 7. The quantitative estimate of drug-likeness (QED) is 0.433. The molecule has 21 heavy (non-hydrogen) atoms. The maximum atomic E-state index is 5.62. The van der Waals surface area contributed by atoms with Crippen LogP contribution in [0.4, 0.5) is 0 Å². The molecule has 0 N–H and O–H groups in total. The van der Waals surface area contributed by atoms with E-state index in [9.17, 15) is 0 Å². The van der Waals surface area contributed by atoms with Gasteiger partial charge >= 0.3 is 29.6 Å². The maximum Gasteiger partial charge on any atom is 1.00 e. The van der Waals surface area contributed by atoms with E-state index in [0.29, 0.717) is 25.2 Å². The van der Waals surface area contributed by atoms with Crippen LogP contribution in [-0.2, 0) is 10.2 Å². The summed E-state index contributed by atoms with van der Waals surface area (Å²) in [4.78, 5) is 0. The third kappa shape index (κ3) is 8.25. The van der Waals surface area contributed by atoms with Crippen LogP contribution in [-0.4, -0.2) is 19.8 Å². The van der Waals surface area contributed by atoms with E-state index in [4.69, 9.17) is 9.47 Å². The Hall–Kier alpha value is -0.0200. The van der Waals surface area contributed by atoms with Crippen molar-refractivity contribution < 1.29 is 39.0 Å². The summed E-state index contributed by atoms with van der Waals surface area (Å²) in [6.07, 6.45) is 1.15. The van der Waals surface area contributed by atoms with Crippen LogP contribution in [0.3, 0.4) is 0 Å². The van der Waals surface area contributed by atoms with Gasteiger partial charge in [0.25, 0.3) is 0 Å². The zero-order valence-electron chi connectivity index (χ0n) is 14.7. The van der Waals surface area contributed by atoms with E-state index in [2.05, 4.69) is 53.7 Å². The monoisotopic (exact) mass is 300 g/mol. The molecule has 1 aromatic rings. The average Bonchev–Trinajstić information content (AvgIpc) is 2.32. The SMILES string of the molecule is [CH2-]COCCOc1ccc(C(C)(C)CC(C)(C)C)cc1.[Na+]. The van der Waals surface area contributed by atoms with Crippen LogP contribution < -0.4 is 34.3 Å². The van der Waals surface area contributed by atoms with Crippen molar-refractivity contribution in [1.82, 2.24) is 0 Å². The third-order valence-corrected chi connectivity index (χ3v) is 3.25. The fourth-order valence-electron chi connectivity index (χ4n) is 2.75. The predicted molar refractivity (Wildman–Crippen MR) is 85.2 cm³/mol. The van der Waals surface area contributed by atoms with Gasteiger partial charge in [0.05, 0.1) is 6.61 Å². The standard InChI is InChI=1S/C18H29O2.Na/c1-7-19-12-13-20-16-10-8-15(9-11-16)18(5,6)14-17(2,3)4;/h8-11H,1,7,12-14H2,2-6H3;/q-1;+1. The average molecular weight is 300 g/mol. The van der Waals surface area contributed by atoms with Crippen molar-refractivity contribution in [3.05, 3.63) is 36.8 Å². The number of benzene rings is 1. The fourth-order valence-corrected chi connectivity index (χ4v) is 2.75. The van der Waals surface area contributed by atoms with E-state index in [-0.39, 0.29) is 35.0 Å². The van der Waals surface area contributed by atoms with Crippen LogP contribution in [0, 0.1) is 12.3 Å². The molecular weight excluding hydrogens is 271 g/mol. The Balaban J connectivity index is 0.00000400. The number of hydrogen-bond acceptors (Lipinski definition) is 2. The molecule has 0 saturated carbocycles. The van der Waals surface area contributed by atoms with Gasteiger partial charge in [0.1, 0.15) is 12.4 Å². The minimum atomic E-state index is 0. The van der Waals surface area contributed by atoms with Crippen molar-refractivity contribution in [3.63, 3.8) is 0 Å². The first-order valence-electron chi connectivity index (χ1n) is 7.35. The summed E-state index contributed by atoms with van der Waals surface area (Å²) in [6.45, 7) is 16.7. The minimum Gasteiger partial charge on any atom is -0.491 e. The van der Waals surface area contributed by atoms with E-state index in [1.54, 1.807) is 0 Å². The summed E-state index contributed by atoms with van der Waals surface area (Å²) in [5.74, 6) is 0.896. The summed E-state index contributed by atoms with van der Waals surface area (Å²) >= 11 is 0. The summed E-state index contributed by atoms with van der Waals surface area (Å²) in [5.41, 5.74) is 1.85. The summed E-state index contributed by atoms with van der Waals surface area (Å²) in [7, 11) is 0. The van der Waals surface area contributed by atoms with Crippen molar-refractivity contribution in [2.45, 2.75) is 46.5 Å². The molecule has 114 valence electrons. The second-order valence-electron chi connectivity index (χ2n) is 7.11. The molecule has 0 aliphatic rings. The smallest absolute Gasteiger partial charge is 0.491 e. The maximum absolute atomic E-state index is 5.62. The van der Waals surface area contributed by atoms with Gasteiger partial charge in [-0.15, -0.1) is 0 Å². The van der Waals surface area contributed by atoms with Crippen LogP contribution in [0.2, 0.25) is 0 Å². The molecule has 0 aromatic heterocycles. The predicted octanol–water partition coefficient (Wildman–Crippen LogP) is 1.63. The van der Waals surface area contributed by atoms with Gasteiger partial charge in [-0.1, -0.05) is 53.4 Å². The summed E-state index contributed by atoms with van der Waals surface area (Å²) in [6, 6.07) is 8.43. The van der Waals surface area contributed by atoms with Gasteiger partial charge in [-0.3, -0.25) is 0 Å². The van der Waals surface area contributed by atoms with Crippen LogP contribution in [0.15, 0.2) is 24.3 Å². The van der Waals surface area contributed by atoms with Crippen molar-refractivity contribution >= 4 is 0 Å². The van der Waals surface area contributed by atoms with Gasteiger partial charge in [-0.25, -0.2) is 0 Å². The Labute approximate surface area is 152 Å². The van der Waals surface area contributed by atoms with Crippen LogP contribution in [0.5, 0.6) is 5.75 Å². The molecule has 0 unspecified atom stereocenters. The molecule has 0 amide bonds. The second kappa shape index (κ2) is 9.19. The molecule has 0 fully saturated rings. The summed E-state index contributed by atoms with van der Waals surface area (Å²) < 4.78 is 10.8. The molecule has 0 atom stereocenters. The normalized spacial score (nSPS) is 11.9. The van der Waals surface area contributed by atoms with Crippen LogP contribution in [0.25, 0.3) is 0 Å². The Morgan fingerprint density at radius 1 is 0.952 bits per heavy atom. The topological polar surface area (TPSA) is 18.5 Å². The fraction of sp³-hybridized carbons (Fsp3) is 0.611. The van der Waals surface area contributed by atoms with E-state index in [1.807, 2.05) is 12.1 Å². The van der Waals surface area contributed by atoms with Gasteiger partial charge in [-0.05, 0) is 34.9 Å². The Morgan fingerprint density at radius 2 is 1.52 bits per heavy atom. The van der Waals surface area contributed by atoms with Crippen molar-refractivity contribution in [2.75, 3.05) is 19.8 Å². The number of ether oxygens (including phenoxy) is 2. The van der Waals surface area contributed by atoms with E-state index >= 15 is 0 Å². The first kappa shape index (κ1) is 21.0. The molecule has 0 spiro atoms. The van der Waals surface area contributed by atoms with Crippen LogP contribution in [0.1, 0.15) is 46.6 Å². The molecule has 0 bridgehead atoms. The molecule has 0 saturated heterocycles. The Bertz CT molecular complexity index is 391. The first-order chi connectivity index (χ1) is 9.24. The molecule has 1 aromatic carbocycles. The molecular formula is C18H29NaO2. The molecule has 0 aliphatic carbocycles. The minimum absolute atomic E-state index is 0. The molecule has 0 heterocycles. The second-order valence-corrected chi connectivity index (χ2v) is 7.11. The largest absolute Gasteiger partial charge is 1.00 e. The summed E-state index contributed by atoms with van der Waals surface area (Å²) in [5, 5.41) is 0. The van der Waals surface area contributed by atoms with Gasteiger partial charge in [0.15, 0.2) is 0 Å². The van der Waals surface area contributed by atoms with Crippen molar-refractivity contribution in [1.29, 1.82) is 0 Å². The Morgan fingerprint density at radius 3 is 2.00 bits per heavy atom. The van der Waals surface area contributed by atoms with Gasteiger partial charge in [-0.2, -0.15) is 0 Å². The van der Waals surface area contributed by atoms with Crippen LogP contribution >= 0.6 is 0 Å². The zero-order chi connectivity index (χ0) is 15.2. The van der Waals surface area contributed by atoms with E-state index in [1.165, 1.54) is 5.56 Å².